The van der Waals surface area contributed by atoms with Gasteiger partial charge in [0.05, 0.1) is 0 Å². The lowest BCUT2D eigenvalue weighted by molar-refractivity contribution is 0.0951. The molecule has 1 aromatic carbocycles. The van der Waals surface area contributed by atoms with Gasteiger partial charge in [-0.2, -0.15) is 0 Å². The zero-order chi connectivity index (χ0) is 14.4. The fourth-order valence-corrected chi connectivity index (χ4v) is 2.01. The summed E-state index contributed by atoms with van der Waals surface area (Å²) >= 11 is 0. The molecule has 4 heteroatoms. The molecule has 0 saturated carbocycles. The maximum absolute atomic E-state index is 12.1. The molecule has 0 fully saturated rings. The number of aryl methyl sites for hydroxylation is 1. The van der Waals surface area contributed by atoms with Gasteiger partial charge in [-0.05, 0) is 54.8 Å². The van der Waals surface area contributed by atoms with Crippen LogP contribution in [0.5, 0.6) is 0 Å². The van der Waals surface area contributed by atoms with Crippen molar-refractivity contribution < 1.29 is 4.79 Å². The summed E-state index contributed by atoms with van der Waals surface area (Å²) in [5.41, 5.74) is 9.43. The minimum absolute atomic E-state index is 0.0694. The Balaban J connectivity index is 2.01. The van der Waals surface area contributed by atoms with Crippen molar-refractivity contribution >= 4 is 5.91 Å². The van der Waals surface area contributed by atoms with E-state index in [0.29, 0.717) is 18.7 Å². The number of hydrogen-bond acceptors (Lipinski definition) is 3. The van der Waals surface area contributed by atoms with E-state index in [2.05, 4.69) is 10.3 Å². The van der Waals surface area contributed by atoms with E-state index in [4.69, 9.17) is 5.73 Å². The number of rotatable bonds is 5. The van der Waals surface area contributed by atoms with Crippen molar-refractivity contribution in [1.82, 2.24) is 10.3 Å². The fourth-order valence-electron chi connectivity index (χ4n) is 2.01. The fraction of sp³-hybridized carbons (Fsp3) is 0.250. The van der Waals surface area contributed by atoms with Crippen molar-refractivity contribution in [3.63, 3.8) is 0 Å². The number of carbonyl (C=O) groups is 1. The molecular weight excluding hydrogens is 250 g/mol. The Morgan fingerprint density at radius 1 is 1.35 bits per heavy atom. The average Bonchev–Trinajstić information content (AvgIpc) is 2.47. The molecular formula is C16H19N3O. The van der Waals surface area contributed by atoms with Gasteiger partial charge in [0, 0.05) is 24.5 Å². The quantitative estimate of drug-likeness (QED) is 0.870. The molecule has 2 rings (SSSR count). The molecule has 0 saturated heterocycles. The van der Waals surface area contributed by atoms with E-state index in [0.717, 1.165) is 23.1 Å². The van der Waals surface area contributed by atoms with Crippen LogP contribution in [-0.4, -0.2) is 17.4 Å². The van der Waals surface area contributed by atoms with Crippen LogP contribution in [0, 0.1) is 6.92 Å². The predicted molar refractivity (Wildman–Crippen MR) is 79.3 cm³/mol. The highest BCUT2D eigenvalue weighted by molar-refractivity contribution is 5.94. The van der Waals surface area contributed by atoms with E-state index in [1.165, 1.54) is 0 Å². The maximum Gasteiger partial charge on any atom is 0.251 e. The van der Waals surface area contributed by atoms with E-state index in [1.807, 2.05) is 37.3 Å². The van der Waals surface area contributed by atoms with Crippen molar-refractivity contribution in [2.24, 2.45) is 5.73 Å². The first-order valence-corrected chi connectivity index (χ1v) is 6.67. The third kappa shape index (κ3) is 3.65. The number of pyridine rings is 1. The van der Waals surface area contributed by atoms with E-state index < -0.39 is 0 Å². The van der Waals surface area contributed by atoms with Crippen LogP contribution in [0.3, 0.4) is 0 Å². The second kappa shape index (κ2) is 6.82. The number of benzene rings is 1. The Bertz CT molecular complexity index is 596. The molecule has 20 heavy (non-hydrogen) atoms. The summed E-state index contributed by atoms with van der Waals surface area (Å²) in [5, 5.41) is 2.93. The van der Waals surface area contributed by atoms with Crippen molar-refractivity contribution in [3.05, 3.63) is 65.0 Å². The third-order valence-electron chi connectivity index (χ3n) is 3.20. The van der Waals surface area contributed by atoms with Crippen LogP contribution in [0.4, 0.5) is 0 Å². The SMILES string of the molecule is Cc1cnccc1CNC(=O)c1cccc(CCN)c1. The van der Waals surface area contributed by atoms with Gasteiger partial charge < -0.3 is 11.1 Å². The zero-order valence-electron chi connectivity index (χ0n) is 11.6. The molecule has 4 nitrogen and oxygen atoms in total. The van der Waals surface area contributed by atoms with Crippen molar-refractivity contribution in [2.75, 3.05) is 6.54 Å². The molecule has 104 valence electrons. The molecule has 1 aromatic heterocycles. The number of amides is 1. The molecule has 0 spiro atoms. The summed E-state index contributed by atoms with van der Waals surface area (Å²) in [5.74, 6) is -0.0694. The largest absolute Gasteiger partial charge is 0.348 e. The number of nitrogens with one attached hydrogen (secondary N) is 1. The first-order chi connectivity index (χ1) is 9.70. The highest BCUT2D eigenvalue weighted by Crippen LogP contribution is 2.08. The minimum Gasteiger partial charge on any atom is -0.348 e. The third-order valence-corrected chi connectivity index (χ3v) is 3.20. The number of nitrogens with zero attached hydrogens (tertiary/aromatic N) is 1. The Morgan fingerprint density at radius 2 is 2.20 bits per heavy atom. The number of hydrogen-bond donors (Lipinski definition) is 2. The zero-order valence-corrected chi connectivity index (χ0v) is 11.6. The average molecular weight is 269 g/mol. The Labute approximate surface area is 119 Å². The molecule has 0 aliphatic rings. The maximum atomic E-state index is 12.1. The monoisotopic (exact) mass is 269 g/mol. The van der Waals surface area contributed by atoms with Crippen LogP contribution < -0.4 is 11.1 Å². The van der Waals surface area contributed by atoms with Gasteiger partial charge in [-0.15, -0.1) is 0 Å². The Hall–Kier alpha value is -2.20. The highest BCUT2D eigenvalue weighted by Gasteiger charge is 2.06. The Kier molecular flexibility index (Phi) is 4.85. The lowest BCUT2D eigenvalue weighted by Crippen LogP contribution is -2.23. The first kappa shape index (κ1) is 14.2. The molecule has 0 aliphatic heterocycles. The van der Waals surface area contributed by atoms with Gasteiger partial charge in [-0.1, -0.05) is 12.1 Å². The van der Waals surface area contributed by atoms with E-state index in [9.17, 15) is 4.79 Å². The van der Waals surface area contributed by atoms with Crippen LogP contribution in [0.25, 0.3) is 0 Å². The molecule has 0 unspecified atom stereocenters. The molecule has 0 bridgehead atoms. The van der Waals surface area contributed by atoms with Crippen LogP contribution in [0.1, 0.15) is 27.0 Å². The van der Waals surface area contributed by atoms with Gasteiger partial charge >= 0.3 is 0 Å². The van der Waals surface area contributed by atoms with Crippen LogP contribution in [-0.2, 0) is 13.0 Å². The second-order valence-corrected chi connectivity index (χ2v) is 4.72. The second-order valence-electron chi connectivity index (χ2n) is 4.72. The van der Waals surface area contributed by atoms with Gasteiger partial charge in [-0.25, -0.2) is 0 Å². The smallest absolute Gasteiger partial charge is 0.251 e. The van der Waals surface area contributed by atoms with Crippen molar-refractivity contribution in [1.29, 1.82) is 0 Å². The van der Waals surface area contributed by atoms with Crippen LogP contribution >= 0.6 is 0 Å². The number of carbonyl (C=O) groups excluding carboxylic acids is 1. The molecule has 0 aliphatic carbocycles. The van der Waals surface area contributed by atoms with Crippen LogP contribution in [0.15, 0.2) is 42.7 Å². The molecule has 1 heterocycles. The summed E-state index contributed by atoms with van der Waals surface area (Å²) in [6.07, 6.45) is 4.31. The summed E-state index contributed by atoms with van der Waals surface area (Å²) < 4.78 is 0. The minimum atomic E-state index is -0.0694. The summed E-state index contributed by atoms with van der Waals surface area (Å²) in [6.45, 7) is 3.08. The standard InChI is InChI=1S/C16H19N3O/c1-12-10-18-8-6-15(12)11-19-16(20)14-4-2-3-13(9-14)5-7-17/h2-4,6,8-10H,5,7,11,17H2,1H3,(H,19,20). The van der Waals surface area contributed by atoms with Crippen LogP contribution in [0.2, 0.25) is 0 Å². The van der Waals surface area contributed by atoms with Gasteiger partial charge in [-0.3, -0.25) is 9.78 Å². The summed E-state index contributed by atoms with van der Waals surface area (Å²) in [7, 11) is 0. The molecule has 2 aromatic rings. The van der Waals surface area contributed by atoms with Gasteiger partial charge in [0.15, 0.2) is 0 Å². The molecule has 3 N–H and O–H groups in total. The normalized spacial score (nSPS) is 10.3. The van der Waals surface area contributed by atoms with E-state index in [-0.39, 0.29) is 5.91 Å². The van der Waals surface area contributed by atoms with E-state index >= 15 is 0 Å². The van der Waals surface area contributed by atoms with Crippen molar-refractivity contribution in [2.45, 2.75) is 19.9 Å². The number of aromatic nitrogens is 1. The van der Waals surface area contributed by atoms with Crippen molar-refractivity contribution in [3.8, 4) is 0 Å². The summed E-state index contributed by atoms with van der Waals surface area (Å²) in [6, 6.07) is 9.49. The first-order valence-electron chi connectivity index (χ1n) is 6.67. The van der Waals surface area contributed by atoms with E-state index in [1.54, 1.807) is 12.4 Å². The lowest BCUT2D eigenvalue weighted by Gasteiger charge is -2.08. The predicted octanol–water partition coefficient (Wildman–Crippen LogP) is 1.82. The van der Waals surface area contributed by atoms with Gasteiger partial charge in [0.25, 0.3) is 5.91 Å². The van der Waals surface area contributed by atoms with Gasteiger partial charge in [0.2, 0.25) is 0 Å². The lowest BCUT2D eigenvalue weighted by atomic mass is 10.1. The molecule has 0 radical (unpaired) electrons. The number of nitrogens with two attached hydrogens (primary N) is 1. The topological polar surface area (TPSA) is 68.0 Å². The molecule has 0 atom stereocenters. The molecule has 1 amide bonds. The van der Waals surface area contributed by atoms with Gasteiger partial charge in [0.1, 0.15) is 0 Å². The highest BCUT2D eigenvalue weighted by atomic mass is 16.1. The summed E-state index contributed by atoms with van der Waals surface area (Å²) in [4.78, 5) is 16.2. The Morgan fingerprint density at radius 3 is 2.95 bits per heavy atom.